The zero-order valence-electron chi connectivity index (χ0n) is 6.64. The minimum absolute atomic E-state index is 0.472. The lowest BCUT2D eigenvalue weighted by molar-refractivity contribution is 0.958. The highest BCUT2D eigenvalue weighted by atomic mass is 15.2. The maximum absolute atomic E-state index is 5.51. The van der Waals surface area contributed by atoms with Crippen LogP contribution in [0.25, 0.3) is 0 Å². The SMILES string of the molecule is Nc1cncc(N2CC=CC2)n1. The molecule has 2 heterocycles. The summed E-state index contributed by atoms with van der Waals surface area (Å²) in [4.78, 5) is 10.2. The molecule has 1 aliphatic heterocycles. The van der Waals surface area contributed by atoms with Crippen molar-refractivity contribution in [3.8, 4) is 0 Å². The van der Waals surface area contributed by atoms with Crippen molar-refractivity contribution in [1.29, 1.82) is 0 Å². The highest BCUT2D eigenvalue weighted by Gasteiger charge is 2.08. The van der Waals surface area contributed by atoms with Crippen LogP contribution in [0.15, 0.2) is 24.5 Å². The van der Waals surface area contributed by atoms with Crippen LogP contribution in [-0.2, 0) is 0 Å². The molecule has 0 amide bonds. The van der Waals surface area contributed by atoms with Gasteiger partial charge in [-0.25, -0.2) is 4.98 Å². The van der Waals surface area contributed by atoms with E-state index in [1.54, 1.807) is 12.4 Å². The summed E-state index contributed by atoms with van der Waals surface area (Å²) >= 11 is 0. The van der Waals surface area contributed by atoms with Crippen molar-refractivity contribution >= 4 is 11.6 Å². The molecule has 0 atom stereocenters. The van der Waals surface area contributed by atoms with Crippen LogP contribution in [0.2, 0.25) is 0 Å². The van der Waals surface area contributed by atoms with E-state index in [0.29, 0.717) is 5.82 Å². The number of hydrogen-bond acceptors (Lipinski definition) is 4. The van der Waals surface area contributed by atoms with Crippen molar-refractivity contribution in [1.82, 2.24) is 9.97 Å². The lowest BCUT2D eigenvalue weighted by atomic mass is 10.5. The normalized spacial score (nSPS) is 15.5. The fraction of sp³-hybridized carbons (Fsp3) is 0.250. The van der Waals surface area contributed by atoms with Crippen molar-refractivity contribution in [3.63, 3.8) is 0 Å². The van der Waals surface area contributed by atoms with E-state index in [2.05, 4.69) is 27.0 Å². The summed E-state index contributed by atoms with van der Waals surface area (Å²) in [5, 5.41) is 0. The van der Waals surface area contributed by atoms with Gasteiger partial charge in [0, 0.05) is 13.1 Å². The maximum atomic E-state index is 5.51. The van der Waals surface area contributed by atoms with Gasteiger partial charge in [-0.2, -0.15) is 0 Å². The number of hydrogen-bond donors (Lipinski definition) is 1. The molecule has 0 saturated heterocycles. The first kappa shape index (κ1) is 7.09. The molecular formula is C8H10N4. The molecule has 0 saturated carbocycles. The molecule has 1 aromatic rings. The fourth-order valence-corrected chi connectivity index (χ4v) is 1.19. The average molecular weight is 162 g/mol. The predicted molar refractivity (Wildman–Crippen MR) is 47.8 cm³/mol. The first-order valence-corrected chi connectivity index (χ1v) is 3.84. The zero-order valence-corrected chi connectivity index (χ0v) is 6.64. The number of nitrogens with zero attached hydrogens (tertiary/aromatic N) is 3. The lowest BCUT2D eigenvalue weighted by Gasteiger charge is -2.15. The Morgan fingerprint density at radius 1 is 1.25 bits per heavy atom. The van der Waals surface area contributed by atoms with Crippen molar-refractivity contribution < 1.29 is 0 Å². The van der Waals surface area contributed by atoms with Crippen LogP contribution in [0.1, 0.15) is 0 Å². The Morgan fingerprint density at radius 3 is 2.67 bits per heavy atom. The van der Waals surface area contributed by atoms with Gasteiger partial charge in [0.15, 0.2) is 0 Å². The van der Waals surface area contributed by atoms with Crippen molar-refractivity contribution in [2.45, 2.75) is 0 Å². The Morgan fingerprint density at radius 2 is 2.00 bits per heavy atom. The first-order valence-electron chi connectivity index (χ1n) is 3.84. The summed E-state index contributed by atoms with van der Waals surface area (Å²) in [6, 6.07) is 0. The number of anilines is 2. The molecule has 2 N–H and O–H groups in total. The molecule has 2 rings (SSSR count). The Bertz CT molecular complexity index is 300. The van der Waals surface area contributed by atoms with Crippen LogP contribution in [0, 0.1) is 0 Å². The van der Waals surface area contributed by atoms with Gasteiger partial charge in [0.25, 0.3) is 0 Å². The quantitative estimate of drug-likeness (QED) is 0.608. The zero-order chi connectivity index (χ0) is 8.39. The van der Waals surface area contributed by atoms with E-state index in [1.807, 2.05) is 0 Å². The highest BCUT2D eigenvalue weighted by Crippen LogP contribution is 2.12. The molecule has 1 aliphatic rings. The summed E-state index contributed by atoms with van der Waals surface area (Å²) < 4.78 is 0. The van der Waals surface area contributed by atoms with Crippen LogP contribution in [0.4, 0.5) is 11.6 Å². The van der Waals surface area contributed by atoms with Gasteiger partial charge in [-0.15, -0.1) is 0 Å². The average Bonchev–Trinajstić information content (AvgIpc) is 2.56. The Kier molecular flexibility index (Phi) is 1.66. The van der Waals surface area contributed by atoms with E-state index in [4.69, 9.17) is 5.73 Å². The molecule has 0 radical (unpaired) electrons. The summed E-state index contributed by atoms with van der Waals surface area (Å²) in [5.41, 5.74) is 5.51. The van der Waals surface area contributed by atoms with Crippen molar-refractivity contribution in [2.75, 3.05) is 23.7 Å². The summed E-state index contributed by atoms with van der Waals surface area (Å²) in [7, 11) is 0. The molecule has 4 heteroatoms. The van der Waals surface area contributed by atoms with Gasteiger partial charge < -0.3 is 10.6 Å². The number of nitrogen functional groups attached to an aromatic ring is 1. The van der Waals surface area contributed by atoms with E-state index in [1.165, 1.54) is 0 Å². The fourth-order valence-electron chi connectivity index (χ4n) is 1.19. The van der Waals surface area contributed by atoms with Crippen LogP contribution >= 0.6 is 0 Å². The third-order valence-corrected chi connectivity index (χ3v) is 1.78. The largest absolute Gasteiger partial charge is 0.382 e. The topological polar surface area (TPSA) is 55.0 Å². The molecule has 0 fully saturated rings. The summed E-state index contributed by atoms with van der Waals surface area (Å²) in [5.74, 6) is 1.32. The van der Waals surface area contributed by atoms with E-state index in [9.17, 15) is 0 Å². The van der Waals surface area contributed by atoms with Crippen LogP contribution in [0.5, 0.6) is 0 Å². The summed E-state index contributed by atoms with van der Waals surface area (Å²) in [6.07, 6.45) is 7.48. The minimum atomic E-state index is 0.472. The third-order valence-electron chi connectivity index (χ3n) is 1.78. The van der Waals surface area contributed by atoms with Gasteiger partial charge in [-0.3, -0.25) is 4.98 Å². The van der Waals surface area contributed by atoms with Crippen molar-refractivity contribution in [2.24, 2.45) is 0 Å². The lowest BCUT2D eigenvalue weighted by Crippen LogP contribution is -2.20. The van der Waals surface area contributed by atoms with Gasteiger partial charge >= 0.3 is 0 Å². The molecule has 4 nitrogen and oxygen atoms in total. The van der Waals surface area contributed by atoms with Crippen LogP contribution in [0.3, 0.4) is 0 Å². The second kappa shape index (κ2) is 2.81. The van der Waals surface area contributed by atoms with Gasteiger partial charge in [-0.05, 0) is 0 Å². The predicted octanol–water partition coefficient (Wildman–Crippen LogP) is 0.435. The molecule has 62 valence electrons. The Hall–Kier alpha value is -1.58. The van der Waals surface area contributed by atoms with Crippen molar-refractivity contribution in [3.05, 3.63) is 24.5 Å². The Balaban J connectivity index is 2.22. The third kappa shape index (κ3) is 1.23. The molecule has 0 unspecified atom stereocenters. The van der Waals surface area contributed by atoms with Gasteiger partial charge in [0.05, 0.1) is 12.4 Å². The molecule has 0 spiro atoms. The number of nitrogens with two attached hydrogens (primary N) is 1. The number of aromatic nitrogens is 2. The molecule has 0 aromatic carbocycles. The summed E-state index contributed by atoms with van der Waals surface area (Å²) in [6.45, 7) is 1.80. The maximum Gasteiger partial charge on any atom is 0.150 e. The highest BCUT2D eigenvalue weighted by molar-refractivity contribution is 5.44. The van der Waals surface area contributed by atoms with Crippen LogP contribution in [-0.4, -0.2) is 23.1 Å². The number of rotatable bonds is 1. The second-order valence-electron chi connectivity index (χ2n) is 2.68. The van der Waals surface area contributed by atoms with E-state index in [0.717, 1.165) is 18.9 Å². The monoisotopic (exact) mass is 162 g/mol. The Labute approximate surface area is 70.7 Å². The molecule has 12 heavy (non-hydrogen) atoms. The molecule has 0 aliphatic carbocycles. The van der Waals surface area contributed by atoms with E-state index in [-0.39, 0.29) is 0 Å². The molecular weight excluding hydrogens is 152 g/mol. The first-order chi connectivity index (χ1) is 5.86. The minimum Gasteiger partial charge on any atom is -0.382 e. The van der Waals surface area contributed by atoms with E-state index < -0.39 is 0 Å². The van der Waals surface area contributed by atoms with Gasteiger partial charge in [0.2, 0.25) is 0 Å². The van der Waals surface area contributed by atoms with Gasteiger partial charge in [-0.1, -0.05) is 12.2 Å². The smallest absolute Gasteiger partial charge is 0.150 e. The van der Waals surface area contributed by atoms with Crippen LogP contribution < -0.4 is 10.6 Å². The van der Waals surface area contributed by atoms with Gasteiger partial charge in [0.1, 0.15) is 11.6 Å². The molecule has 1 aromatic heterocycles. The standard InChI is InChI=1S/C8H10N4/c9-7-5-10-6-8(11-7)12-3-1-2-4-12/h1-2,5-6H,3-4H2,(H2,9,11). The molecule has 0 bridgehead atoms. The second-order valence-corrected chi connectivity index (χ2v) is 2.68. The van der Waals surface area contributed by atoms with E-state index >= 15 is 0 Å².